The van der Waals surface area contributed by atoms with Crippen molar-refractivity contribution in [3.05, 3.63) is 84.9 Å². The van der Waals surface area contributed by atoms with Crippen LogP contribution in [0.3, 0.4) is 0 Å². The molecule has 0 saturated heterocycles. The molecular formula is C20H14CuO6S2. The maximum Gasteiger partial charge on any atom is 2.00 e. The zero-order valence-electron chi connectivity index (χ0n) is 14.7. The first-order valence-electron chi connectivity index (χ1n) is 8.05. The van der Waals surface area contributed by atoms with Crippen LogP contribution in [0.1, 0.15) is 0 Å². The van der Waals surface area contributed by atoms with E-state index in [4.69, 9.17) is 0 Å². The number of fused-ring (bicyclic) bond motifs is 2. The summed E-state index contributed by atoms with van der Waals surface area (Å²) in [6.45, 7) is 0. The van der Waals surface area contributed by atoms with Crippen molar-refractivity contribution >= 4 is 41.8 Å². The summed E-state index contributed by atoms with van der Waals surface area (Å²) in [5.74, 6) is 0. The molecule has 0 aliphatic carbocycles. The van der Waals surface area contributed by atoms with E-state index in [0.717, 1.165) is 10.8 Å². The Morgan fingerprint density at radius 3 is 1.14 bits per heavy atom. The molecule has 9 heteroatoms. The van der Waals surface area contributed by atoms with Crippen molar-refractivity contribution in [3.63, 3.8) is 0 Å². The Labute approximate surface area is 179 Å². The smallest absolute Gasteiger partial charge is 0.744 e. The van der Waals surface area contributed by atoms with Crippen LogP contribution in [0.25, 0.3) is 21.5 Å². The van der Waals surface area contributed by atoms with Crippen LogP contribution < -0.4 is 0 Å². The zero-order chi connectivity index (χ0) is 20.4. The van der Waals surface area contributed by atoms with Crippen LogP contribution in [-0.2, 0) is 37.3 Å². The van der Waals surface area contributed by atoms with Gasteiger partial charge < -0.3 is 9.11 Å². The number of benzene rings is 4. The molecule has 4 rings (SSSR count). The molecule has 4 aromatic rings. The first-order valence-corrected chi connectivity index (χ1v) is 10.9. The van der Waals surface area contributed by atoms with Crippen molar-refractivity contribution < 1.29 is 43.0 Å². The van der Waals surface area contributed by atoms with Gasteiger partial charge in [-0.3, -0.25) is 0 Å². The fourth-order valence-electron chi connectivity index (χ4n) is 2.83. The van der Waals surface area contributed by atoms with Crippen molar-refractivity contribution in [3.8, 4) is 0 Å². The summed E-state index contributed by atoms with van der Waals surface area (Å²) in [5.41, 5.74) is 0. The molecule has 0 aliphatic heterocycles. The van der Waals surface area contributed by atoms with Crippen LogP contribution in [0.4, 0.5) is 0 Å². The van der Waals surface area contributed by atoms with E-state index in [1.165, 1.54) is 12.1 Å². The Morgan fingerprint density at radius 2 is 0.793 bits per heavy atom. The summed E-state index contributed by atoms with van der Waals surface area (Å²) in [7, 11) is -8.76. The van der Waals surface area contributed by atoms with Crippen molar-refractivity contribution in [2.24, 2.45) is 0 Å². The van der Waals surface area contributed by atoms with Crippen LogP contribution in [0.15, 0.2) is 94.7 Å². The van der Waals surface area contributed by atoms with Gasteiger partial charge in [0.2, 0.25) is 0 Å². The summed E-state index contributed by atoms with van der Waals surface area (Å²) in [5, 5.41) is 2.46. The molecule has 0 unspecified atom stereocenters. The maximum atomic E-state index is 10.9. The fraction of sp³-hybridized carbons (Fsp3) is 0. The van der Waals surface area contributed by atoms with Gasteiger partial charge in [0.25, 0.3) is 0 Å². The molecule has 0 aromatic heterocycles. The second-order valence-corrected chi connectivity index (χ2v) is 8.56. The molecule has 0 aliphatic rings. The SMILES string of the molecule is O=S(=O)([O-])c1cccc2ccccc12.O=S(=O)([O-])c1cccc2ccccc12.[Cu+2]. The van der Waals surface area contributed by atoms with Crippen LogP contribution in [0, 0.1) is 0 Å². The van der Waals surface area contributed by atoms with Gasteiger partial charge in [0.05, 0.1) is 9.79 Å². The minimum Gasteiger partial charge on any atom is -0.744 e. The molecule has 0 amide bonds. The Bertz CT molecular complexity index is 1250. The Morgan fingerprint density at radius 1 is 0.483 bits per heavy atom. The number of hydrogen-bond acceptors (Lipinski definition) is 6. The van der Waals surface area contributed by atoms with Crippen molar-refractivity contribution in [1.82, 2.24) is 0 Å². The van der Waals surface area contributed by atoms with Gasteiger partial charge in [0.15, 0.2) is 0 Å². The normalized spacial score (nSPS) is 11.4. The molecule has 0 saturated carbocycles. The van der Waals surface area contributed by atoms with Gasteiger partial charge in [0, 0.05) is 0 Å². The molecule has 0 spiro atoms. The maximum absolute atomic E-state index is 10.9. The predicted octanol–water partition coefficient (Wildman–Crippen LogP) is 3.49. The second kappa shape index (κ2) is 9.04. The van der Waals surface area contributed by atoms with E-state index in [-0.39, 0.29) is 26.9 Å². The van der Waals surface area contributed by atoms with Crippen LogP contribution >= 0.6 is 0 Å². The van der Waals surface area contributed by atoms with E-state index >= 15 is 0 Å². The van der Waals surface area contributed by atoms with E-state index in [1.807, 2.05) is 0 Å². The first-order chi connectivity index (χ1) is 13.2. The minimum atomic E-state index is -4.38. The third-order valence-electron chi connectivity index (χ3n) is 4.04. The average molecular weight is 478 g/mol. The average Bonchev–Trinajstić information content (AvgIpc) is 2.66. The van der Waals surface area contributed by atoms with Gasteiger partial charge in [0.1, 0.15) is 20.2 Å². The van der Waals surface area contributed by atoms with E-state index in [2.05, 4.69) is 0 Å². The molecule has 4 aromatic carbocycles. The molecule has 0 fully saturated rings. The van der Waals surface area contributed by atoms with Gasteiger partial charge in [-0.25, -0.2) is 16.8 Å². The van der Waals surface area contributed by atoms with Crippen molar-refractivity contribution in [2.45, 2.75) is 9.79 Å². The topological polar surface area (TPSA) is 114 Å². The summed E-state index contributed by atoms with van der Waals surface area (Å²) in [6, 6.07) is 23.1. The van der Waals surface area contributed by atoms with Crippen LogP contribution in [0.5, 0.6) is 0 Å². The fourth-order valence-corrected chi connectivity index (χ4v) is 4.23. The molecule has 6 nitrogen and oxygen atoms in total. The largest absolute Gasteiger partial charge is 2.00 e. The Hall–Kier alpha value is -2.26. The van der Waals surface area contributed by atoms with Gasteiger partial charge in [-0.2, -0.15) is 0 Å². The van der Waals surface area contributed by atoms with E-state index in [0.29, 0.717) is 10.8 Å². The van der Waals surface area contributed by atoms with Crippen molar-refractivity contribution in [2.75, 3.05) is 0 Å². The van der Waals surface area contributed by atoms with E-state index in [9.17, 15) is 25.9 Å². The summed E-state index contributed by atoms with van der Waals surface area (Å²) >= 11 is 0. The zero-order valence-corrected chi connectivity index (χ0v) is 17.2. The predicted molar refractivity (Wildman–Crippen MR) is 104 cm³/mol. The standard InChI is InChI=1S/2C10H8O3S.Cu/c2*11-14(12,13)10-7-3-5-8-4-1-2-6-9(8)10;/h2*1-7H,(H,11,12,13);/q;;+2/p-2. The third-order valence-corrected chi connectivity index (χ3v) is 5.83. The van der Waals surface area contributed by atoms with Gasteiger partial charge in [-0.15, -0.1) is 0 Å². The quantitative estimate of drug-likeness (QED) is 0.322. The third kappa shape index (κ3) is 5.42. The second-order valence-electron chi connectivity index (χ2n) is 5.86. The minimum absolute atomic E-state index is 0. The van der Waals surface area contributed by atoms with E-state index < -0.39 is 20.2 Å². The van der Waals surface area contributed by atoms with Gasteiger partial charge >= 0.3 is 17.1 Å². The molecule has 153 valence electrons. The molecule has 0 bridgehead atoms. The summed E-state index contributed by atoms with van der Waals surface area (Å²) < 4.78 is 65.3. The van der Waals surface area contributed by atoms with Crippen LogP contribution in [-0.4, -0.2) is 25.9 Å². The summed E-state index contributed by atoms with van der Waals surface area (Å²) in [4.78, 5) is -0.314. The first kappa shape index (κ1) is 23.0. The molecule has 29 heavy (non-hydrogen) atoms. The molecule has 0 heterocycles. The van der Waals surface area contributed by atoms with Gasteiger partial charge in [-0.1, -0.05) is 72.8 Å². The molecule has 0 atom stereocenters. The summed E-state index contributed by atoms with van der Waals surface area (Å²) in [6.07, 6.45) is 0. The van der Waals surface area contributed by atoms with Gasteiger partial charge in [-0.05, 0) is 33.7 Å². The molecule has 1 radical (unpaired) electrons. The Balaban J connectivity index is 0.000000200. The number of hydrogen-bond donors (Lipinski definition) is 0. The molecular weight excluding hydrogens is 464 g/mol. The number of rotatable bonds is 2. The van der Waals surface area contributed by atoms with Crippen LogP contribution in [0.2, 0.25) is 0 Å². The monoisotopic (exact) mass is 477 g/mol. The Kier molecular flexibility index (Phi) is 7.18. The molecule has 0 N–H and O–H groups in total. The van der Waals surface area contributed by atoms with E-state index in [1.54, 1.807) is 72.8 Å². The van der Waals surface area contributed by atoms with Crippen molar-refractivity contribution in [1.29, 1.82) is 0 Å².